The van der Waals surface area contributed by atoms with E-state index in [-0.39, 0.29) is 11.9 Å². The summed E-state index contributed by atoms with van der Waals surface area (Å²) in [5, 5.41) is 0. The van der Waals surface area contributed by atoms with Gasteiger partial charge in [0, 0.05) is 30.4 Å². The summed E-state index contributed by atoms with van der Waals surface area (Å²) in [5.41, 5.74) is 8.73. The monoisotopic (exact) mass is 287 g/mol. The van der Waals surface area contributed by atoms with Gasteiger partial charge in [-0.1, -0.05) is 31.2 Å². The molecule has 0 bridgehead atoms. The minimum Gasteiger partial charge on any atom is -0.323 e. The Morgan fingerprint density at radius 1 is 1.19 bits per heavy atom. The second kappa shape index (κ2) is 7.29. The minimum atomic E-state index is -0.337. The summed E-state index contributed by atoms with van der Waals surface area (Å²) >= 11 is 0. The Hall–Kier alpha value is -1.78. The lowest BCUT2D eigenvalue weighted by molar-refractivity contribution is 0.257. The molecule has 0 aliphatic carbocycles. The van der Waals surface area contributed by atoms with E-state index in [0.29, 0.717) is 12.1 Å². The first-order chi connectivity index (χ1) is 10.1. The smallest absolute Gasteiger partial charge is 0.128 e. The van der Waals surface area contributed by atoms with Gasteiger partial charge in [-0.25, -0.2) is 4.39 Å². The van der Waals surface area contributed by atoms with Crippen molar-refractivity contribution in [2.45, 2.75) is 26.4 Å². The van der Waals surface area contributed by atoms with Crippen LogP contribution in [0.15, 0.2) is 42.5 Å². The predicted molar refractivity (Wildman–Crippen MR) is 83.3 cm³/mol. The molecule has 0 fully saturated rings. The van der Waals surface area contributed by atoms with E-state index in [1.54, 1.807) is 12.1 Å². The highest BCUT2D eigenvalue weighted by Gasteiger charge is 2.15. The van der Waals surface area contributed by atoms with Crippen LogP contribution in [-0.2, 0) is 6.54 Å². The third-order valence-corrected chi connectivity index (χ3v) is 3.54. The van der Waals surface area contributed by atoms with Gasteiger partial charge in [-0.15, -0.1) is 0 Å². The molecule has 0 spiro atoms. The van der Waals surface area contributed by atoms with Gasteiger partial charge in [-0.2, -0.15) is 0 Å². The molecule has 112 valence electrons. The summed E-state index contributed by atoms with van der Waals surface area (Å²) in [6.07, 6.45) is 0. The van der Waals surface area contributed by atoms with Crippen LogP contribution in [0.2, 0.25) is 0 Å². The first-order valence-electron chi connectivity index (χ1n) is 7.25. The minimum absolute atomic E-state index is 0.241. The average molecular weight is 287 g/mol. The van der Waals surface area contributed by atoms with E-state index in [2.05, 4.69) is 16.8 Å². The van der Waals surface area contributed by atoms with Crippen LogP contribution in [0.4, 0.5) is 4.39 Å². The topological polar surface area (TPSA) is 42.2 Å². The maximum atomic E-state index is 13.8. The van der Waals surface area contributed by atoms with Gasteiger partial charge in [0.1, 0.15) is 5.82 Å². The molecule has 2 aromatic rings. The molecule has 3 nitrogen and oxygen atoms in total. The van der Waals surface area contributed by atoms with Gasteiger partial charge in [0.2, 0.25) is 0 Å². The zero-order valence-electron chi connectivity index (χ0n) is 12.6. The van der Waals surface area contributed by atoms with Crippen LogP contribution in [-0.4, -0.2) is 23.0 Å². The second-order valence-electron chi connectivity index (χ2n) is 5.23. The van der Waals surface area contributed by atoms with E-state index in [0.717, 1.165) is 24.5 Å². The highest BCUT2D eigenvalue weighted by Crippen LogP contribution is 2.16. The molecule has 2 rings (SSSR count). The van der Waals surface area contributed by atoms with E-state index in [4.69, 9.17) is 5.73 Å². The number of hydrogen-bond donors (Lipinski definition) is 1. The Morgan fingerprint density at radius 3 is 2.62 bits per heavy atom. The Bertz CT molecular complexity index is 586. The fraction of sp³-hybridized carbons (Fsp3) is 0.353. The summed E-state index contributed by atoms with van der Waals surface area (Å²) in [4.78, 5) is 6.68. The van der Waals surface area contributed by atoms with Crippen LogP contribution in [0.3, 0.4) is 0 Å². The average Bonchev–Trinajstić information content (AvgIpc) is 2.47. The van der Waals surface area contributed by atoms with Gasteiger partial charge < -0.3 is 5.73 Å². The van der Waals surface area contributed by atoms with Gasteiger partial charge in [0.25, 0.3) is 0 Å². The van der Waals surface area contributed by atoms with Crippen LogP contribution in [0.25, 0.3) is 0 Å². The highest BCUT2D eigenvalue weighted by atomic mass is 19.1. The summed E-state index contributed by atoms with van der Waals surface area (Å²) in [6.45, 7) is 6.22. The molecule has 1 aromatic heterocycles. The zero-order chi connectivity index (χ0) is 15.2. The second-order valence-corrected chi connectivity index (χ2v) is 5.23. The Balaban J connectivity index is 2.04. The molecule has 1 heterocycles. The molecule has 21 heavy (non-hydrogen) atoms. The van der Waals surface area contributed by atoms with E-state index < -0.39 is 0 Å². The number of rotatable bonds is 6. The van der Waals surface area contributed by atoms with Gasteiger partial charge in [-0.3, -0.25) is 9.88 Å². The fourth-order valence-electron chi connectivity index (χ4n) is 2.37. The molecule has 1 atom stereocenters. The van der Waals surface area contributed by atoms with Crippen molar-refractivity contribution in [2.75, 3.05) is 13.1 Å². The summed E-state index contributed by atoms with van der Waals surface area (Å²) < 4.78 is 13.8. The zero-order valence-corrected chi connectivity index (χ0v) is 12.6. The van der Waals surface area contributed by atoms with Crippen molar-refractivity contribution in [3.05, 3.63) is 65.2 Å². The molecular weight excluding hydrogens is 265 g/mol. The normalized spacial score (nSPS) is 12.6. The molecule has 1 aromatic carbocycles. The summed E-state index contributed by atoms with van der Waals surface area (Å²) in [7, 11) is 0. The maximum Gasteiger partial charge on any atom is 0.128 e. The van der Waals surface area contributed by atoms with Crippen molar-refractivity contribution in [1.82, 2.24) is 9.88 Å². The molecule has 4 heteroatoms. The van der Waals surface area contributed by atoms with Crippen molar-refractivity contribution < 1.29 is 4.39 Å². The number of nitrogens with zero attached hydrogens (tertiary/aromatic N) is 2. The SMILES string of the molecule is CCN(Cc1cccc(C)n1)CC(N)c1ccccc1F. The molecule has 0 aliphatic heterocycles. The van der Waals surface area contributed by atoms with Crippen molar-refractivity contribution in [2.24, 2.45) is 5.73 Å². The standard InChI is InChI=1S/C17H22FN3/c1-3-21(11-14-8-6-7-13(2)20-14)12-17(19)15-9-4-5-10-16(15)18/h4-10,17H,3,11-12,19H2,1-2H3. The van der Waals surface area contributed by atoms with Crippen molar-refractivity contribution >= 4 is 0 Å². The van der Waals surface area contributed by atoms with Crippen molar-refractivity contribution in [1.29, 1.82) is 0 Å². The molecule has 0 saturated heterocycles. The number of aromatic nitrogens is 1. The van der Waals surface area contributed by atoms with Gasteiger partial charge in [0.15, 0.2) is 0 Å². The van der Waals surface area contributed by atoms with E-state index in [1.807, 2.05) is 31.2 Å². The van der Waals surface area contributed by atoms with E-state index in [9.17, 15) is 4.39 Å². The predicted octanol–water partition coefficient (Wildman–Crippen LogP) is 3.05. The third kappa shape index (κ3) is 4.34. The van der Waals surface area contributed by atoms with Crippen molar-refractivity contribution in [3.8, 4) is 0 Å². The molecule has 2 N–H and O–H groups in total. The number of benzene rings is 1. The van der Waals surface area contributed by atoms with Crippen LogP contribution < -0.4 is 5.73 Å². The first-order valence-corrected chi connectivity index (χ1v) is 7.25. The summed E-state index contributed by atoms with van der Waals surface area (Å²) in [5.74, 6) is -0.241. The molecule has 0 aliphatic rings. The number of likely N-dealkylation sites (N-methyl/N-ethyl adjacent to an activating group) is 1. The molecule has 0 saturated carbocycles. The van der Waals surface area contributed by atoms with Crippen LogP contribution in [0.5, 0.6) is 0 Å². The number of halogens is 1. The van der Waals surface area contributed by atoms with Crippen molar-refractivity contribution in [3.63, 3.8) is 0 Å². The lowest BCUT2D eigenvalue weighted by Gasteiger charge is -2.24. The summed E-state index contributed by atoms with van der Waals surface area (Å²) in [6, 6.07) is 12.3. The van der Waals surface area contributed by atoms with Gasteiger partial charge >= 0.3 is 0 Å². The molecule has 0 amide bonds. The largest absolute Gasteiger partial charge is 0.323 e. The third-order valence-electron chi connectivity index (χ3n) is 3.54. The Labute approximate surface area is 125 Å². The quantitative estimate of drug-likeness (QED) is 0.888. The van der Waals surface area contributed by atoms with E-state index >= 15 is 0 Å². The Kier molecular flexibility index (Phi) is 5.42. The molecule has 0 radical (unpaired) electrons. The van der Waals surface area contributed by atoms with Gasteiger partial charge in [0.05, 0.1) is 5.69 Å². The van der Waals surface area contributed by atoms with Gasteiger partial charge in [-0.05, 0) is 31.7 Å². The number of pyridine rings is 1. The number of nitrogens with two attached hydrogens (primary N) is 1. The van der Waals surface area contributed by atoms with Crippen LogP contribution in [0.1, 0.15) is 29.9 Å². The number of aryl methyl sites for hydroxylation is 1. The Morgan fingerprint density at radius 2 is 1.95 bits per heavy atom. The van der Waals surface area contributed by atoms with Crippen LogP contribution in [0, 0.1) is 12.7 Å². The molecule has 1 unspecified atom stereocenters. The highest BCUT2D eigenvalue weighted by molar-refractivity contribution is 5.21. The molecular formula is C17H22FN3. The lowest BCUT2D eigenvalue weighted by Crippen LogP contribution is -2.32. The maximum absolute atomic E-state index is 13.8. The fourth-order valence-corrected chi connectivity index (χ4v) is 2.37. The first kappa shape index (κ1) is 15.6. The van der Waals surface area contributed by atoms with E-state index in [1.165, 1.54) is 6.07 Å². The number of hydrogen-bond acceptors (Lipinski definition) is 3. The van der Waals surface area contributed by atoms with Crippen LogP contribution >= 0.6 is 0 Å². The lowest BCUT2D eigenvalue weighted by atomic mass is 10.1.